The zero-order valence-corrected chi connectivity index (χ0v) is 15.3. The highest BCUT2D eigenvalue weighted by Gasteiger charge is 2.20. The molecule has 4 rings (SSSR count). The van der Waals surface area contributed by atoms with E-state index in [0.717, 1.165) is 47.7 Å². The lowest BCUT2D eigenvalue weighted by Gasteiger charge is -2.30. The second-order valence-electron chi connectivity index (χ2n) is 6.57. The van der Waals surface area contributed by atoms with Gasteiger partial charge in [-0.05, 0) is 36.2 Å². The van der Waals surface area contributed by atoms with E-state index in [1.807, 2.05) is 31.3 Å². The van der Waals surface area contributed by atoms with Gasteiger partial charge < -0.3 is 9.64 Å². The van der Waals surface area contributed by atoms with Crippen molar-refractivity contribution in [1.82, 2.24) is 15.0 Å². The molecule has 6 nitrogen and oxygen atoms in total. The van der Waals surface area contributed by atoms with Crippen molar-refractivity contribution in [2.45, 2.75) is 19.9 Å². The van der Waals surface area contributed by atoms with Gasteiger partial charge in [0.05, 0.1) is 12.7 Å². The van der Waals surface area contributed by atoms with Crippen LogP contribution in [0.25, 0.3) is 11.1 Å². The molecule has 0 unspecified atom stereocenters. The van der Waals surface area contributed by atoms with E-state index in [4.69, 9.17) is 10.00 Å². The largest absolute Gasteiger partial charge is 0.481 e. The van der Waals surface area contributed by atoms with Crippen LogP contribution in [-0.2, 0) is 13.0 Å². The van der Waals surface area contributed by atoms with Crippen molar-refractivity contribution >= 4 is 5.82 Å². The molecule has 1 aliphatic heterocycles. The second-order valence-corrected chi connectivity index (χ2v) is 6.57. The molecule has 4 heterocycles. The molecule has 0 amide bonds. The van der Waals surface area contributed by atoms with Crippen LogP contribution in [0.3, 0.4) is 0 Å². The summed E-state index contributed by atoms with van der Waals surface area (Å²) in [5.41, 5.74) is 5.97. The van der Waals surface area contributed by atoms with Crippen molar-refractivity contribution in [1.29, 1.82) is 5.26 Å². The molecule has 134 valence electrons. The van der Waals surface area contributed by atoms with Crippen molar-refractivity contribution in [3.63, 3.8) is 0 Å². The zero-order valence-electron chi connectivity index (χ0n) is 15.3. The van der Waals surface area contributed by atoms with Crippen LogP contribution in [0, 0.1) is 18.3 Å². The van der Waals surface area contributed by atoms with Crippen molar-refractivity contribution < 1.29 is 4.74 Å². The van der Waals surface area contributed by atoms with Crippen LogP contribution < -0.4 is 9.64 Å². The Morgan fingerprint density at radius 2 is 1.93 bits per heavy atom. The molecule has 6 heteroatoms. The van der Waals surface area contributed by atoms with Gasteiger partial charge in [-0.3, -0.25) is 4.98 Å². The van der Waals surface area contributed by atoms with E-state index in [1.165, 1.54) is 5.56 Å². The van der Waals surface area contributed by atoms with Gasteiger partial charge in [-0.2, -0.15) is 5.26 Å². The molecular formula is C21H19N5O. The Bertz CT molecular complexity index is 1020. The van der Waals surface area contributed by atoms with Crippen molar-refractivity contribution in [2.75, 3.05) is 18.6 Å². The normalized spacial score (nSPS) is 13.0. The Balaban J connectivity index is 1.62. The van der Waals surface area contributed by atoms with Crippen LogP contribution in [0.4, 0.5) is 5.82 Å². The third-order valence-corrected chi connectivity index (χ3v) is 4.80. The van der Waals surface area contributed by atoms with Gasteiger partial charge in [0, 0.05) is 61.0 Å². The average Bonchev–Trinajstić information content (AvgIpc) is 2.73. The van der Waals surface area contributed by atoms with E-state index in [1.54, 1.807) is 19.5 Å². The number of hydrogen-bond donors (Lipinski definition) is 0. The second kappa shape index (κ2) is 7.04. The van der Waals surface area contributed by atoms with Gasteiger partial charge in [0.25, 0.3) is 0 Å². The van der Waals surface area contributed by atoms with E-state index < -0.39 is 0 Å². The summed E-state index contributed by atoms with van der Waals surface area (Å²) in [5, 5.41) is 9.04. The molecule has 1 aliphatic rings. The van der Waals surface area contributed by atoms with Crippen LogP contribution in [0.5, 0.6) is 5.88 Å². The van der Waals surface area contributed by atoms with E-state index in [9.17, 15) is 0 Å². The number of pyridine rings is 3. The Hall–Kier alpha value is -3.46. The molecule has 0 bridgehead atoms. The average molecular weight is 357 g/mol. The maximum atomic E-state index is 9.04. The topological polar surface area (TPSA) is 74.9 Å². The van der Waals surface area contributed by atoms with E-state index in [-0.39, 0.29) is 0 Å². The first-order chi connectivity index (χ1) is 13.2. The number of nitriles is 1. The number of fused-ring (bicyclic) bond motifs is 1. The fourth-order valence-corrected chi connectivity index (χ4v) is 3.40. The van der Waals surface area contributed by atoms with Gasteiger partial charge in [0.2, 0.25) is 5.88 Å². The molecule has 0 aliphatic carbocycles. The summed E-state index contributed by atoms with van der Waals surface area (Å²) >= 11 is 0. The van der Waals surface area contributed by atoms with Gasteiger partial charge in [-0.15, -0.1) is 0 Å². The Kier molecular flexibility index (Phi) is 4.43. The van der Waals surface area contributed by atoms with Crippen LogP contribution in [-0.4, -0.2) is 28.6 Å². The maximum Gasteiger partial charge on any atom is 0.212 e. The van der Waals surface area contributed by atoms with Crippen LogP contribution in [0.15, 0.2) is 42.9 Å². The number of nitrogens with zero attached hydrogens (tertiary/aromatic N) is 5. The molecule has 0 aromatic carbocycles. The standard InChI is InChI=1S/C21H19N5O/c1-14-7-15(9-22)10-25-21(14)26-6-5-19-18(13-26)8-17(12-23-19)16-3-4-20(27-2)24-11-16/h3-4,7-8,10-12H,5-6,13H2,1-2H3. The smallest absolute Gasteiger partial charge is 0.212 e. The number of hydrogen-bond acceptors (Lipinski definition) is 6. The first kappa shape index (κ1) is 17.0. The monoisotopic (exact) mass is 357 g/mol. The Labute approximate surface area is 158 Å². The van der Waals surface area contributed by atoms with E-state index >= 15 is 0 Å². The van der Waals surface area contributed by atoms with Gasteiger partial charge in [0.15, 0.2) is 0 Å². The minimum Gasteiger partial charge on any atom is -0.481 e. The fraction of sp³-hybridized carbons (Fsp3) is 0.238. The molecule has 27 heavy (non-hydrogen) atoms. The summed E-state index contributed by atoms with van der Waals surface area (Å²) < 4.78 is 5.13. The number of rotatable bonds is 3. The lowest BCUT2D eigenvalue weighted by molar-refractivity contribution is 0.398. The van der Waals surface area contributed by atoms with Gasteiger partial charge in [0.1, 0.15) is 11.9 Å². The van der Waals surface area contributed by atoms with Crippen molar-refractivity contribution in [3.05, 3.63) is 65.2 Å². The molecule has 0 spiro atoms. The predicted molar refractivity (Wildman–Crippen MR) is 102 cm³/mol. The SMILES string of the molecule is COc1ccc(-c2cnc3c(c2)CN(c2ncc(C#N)cc2C)CC3)cn1. The molecule has 0 N–H and O–H groups in total. The summed E-state index contributed by atoms with van der Waals surface area (Å²) in [6, 6.07) is 10.0. The molecule has 0 atom stereocenters. The van der Waals surface area contributed by atoms with Gasteiger partial charge in [-0.1, -0.05) is 0 Å². The number of ether oxygens (including phenoxy) is 1. The van der Waals surface area contributed by atoms with Crippen LogP contribution >= 0.6 is 0 Å². The maximum absolute atomic E-state index is 9.04. The Morgan fingerprint density at radius 3 is 2.63 bits per heavy atom. The van der Waals surface area contributed by atoms with E-state index in [2.05, 4.69) is 32.0 Å². The zero-order chi connectivity index (χ0) is 18.8. The quantitative estimate of drug-likeness (QED) is 0.716. The number of aromatic nitrogens is 3. The number of methoxy groups -OCH3 is 1. The minimum atomic E-state index is 0.588. The lowest BCUT2D eigenvalue weighted by Crippen LogP contribution is -2.32. The minimum absolute atomic E-state index is 0.588. The third-order valence-electron chi connectivity index (χ3n) is 4.80. The van der Waals surface area contributed by atoms with Crippen molar-refractivity contribution in [2.24, 2.45) is 0 Å². The molecule has 0 saturated carbocycles. The van der Waals surface area contributed by atoms with Gasteiger partial charge in [-0.25, -0.2) is 9.97 Å². The highest BCUT2D eigenvalue weighted by atomic mass is 16.5. The van der Waals surface area contributed by atoms with Gasteiger partial charge >= 0.3 is 0 Å². The molecule has 3 aromatic heterocycles. The summed E-state index contributed by atoms with van der Waals surface area (Å²) in [7, 11) is 1.61. The molecule has 3 aromatic rings. The molecule has 0 fully saturated rings. The summed E-state index contributed by atoms with van der Waals surface area (Å²) in [6.45, 7) is 3.61. The van der Waals surface area contributed by atoms with Crippen molar-refractivity contribution in [3.8, 4) is 23.1 Å². The molecule has 0 saturated heterocycles. The van der Waals surface area contributed by atoms with E-state index in [0.29, 0.717) is 11.4 Å². The Morgan fingerprint density at radius 1 is 1.07 bits per heavy atom. The third kappa shape index (κ3) is 3.32. The number of anilines is 1. The first-order valence-corrected chi connectivity index (χ1v) is 8.78. The highest BCUT2D eigenvalue weighted by Crippen LogP contribution is 2.28. The summed E-state index contributed by atoms with van der Waals surface area (Å²) in [5.74, 6) is 1.52. The summed E-state index contributed by atoms with van der Waals surface area (Å²) in [6.07, 6.45) is 6.21. The fourth-order valence-electron chi connectivity index (χ4n) is 3.40. The highest BCUT2D eigenvalue weighted by molar-refractivity contribution is 5.63. The summed E-state index contributed by atoms with van der Waals surface area (Å²) in [4.78, 5) is 15.7. The number of aryl methyl sites for hydroxylation is 1. The lowest BCUT2D eigenvalue weighted by atomic mass is 10.0. The predicted octanol–water partition coefficient (Wildman–Crippen LogP) is 3.29. The van der Waals surface area contributed by atoms with Crippen LogP contribution in [0.1, 0.15) is 22.4 Å². The van der Waals surface area contributed by atoms with Crippen LogP contribution in [0.2, 0.25) is 0 Å². The first-order valence-electron chi connectivity index (χ1n) is 8.78. The molecular weight excluding hydrogens is 338 g/mol. The molecule has 0 radical (unpaired) electrons.